The van der Waals surface area contributed by atoms with Gasteiger partial charge in [-0.25, -0.2) is 4.98 Å². The van der Waals surface area contributed by atoms with Crippen LogP contribution in [0.4, 0.5) is 13.2 Å². The largest absolute Gasteiger partial charge is 0.481 e. The Morgan fingerprint density at radius 3 is 2.63 bits per heavy atom. The van der Waals surface area contributed by atoms with Gasteiger partial charge in [0.1, 0.15) is 5.65 Å². The Morgan fingerprint density at radius 1 is 1.37 bits per heavy atom. The number of hydrogen-bond acceptors (Lipinski definition) is 3. The molecule has 0 aliphatic carbocycles. The molecule has 0 saturated carbocycles. The lowest BCUT2D eigenvalue weighted by atomic mass is 10.2. The zero-order chi connectivity index (χ0) is 14.2. The highest BCUT2D eigenvalue weighted by Gasteiger charge is 2.31. The van der Waals surface area contributed by atoms with E-state index in [4.69, 9.17) is 5.11 Å². The molecule has 1 N–H and O–H groups in total. The summed E-state index contributed by atoms with van der Waals surface area (Å²) in [5.41, 5.74) is -1.98. The summed E-state index contributed by atoms with van der Waals surface area (Å²) in [6.07, 6.45) is -3.52. The summed E-state index contributed by atoms with van der Waals surface area (Å²) in [7, 11) is 0. The average molecular weight is 272 g/mol. The average Bonchev–Trinajstić information content (AvgIpc) is 2.31. The second-order valence-electron chi connectivity index (χ2n) is 3.80. The van der Waals surface area contributed by atoms with Crippen LogP contribution in [-0.4, -0.2) is 20.5 Å². The summed E-state index contributed by atoms with van der Waals surface area (Å²) in [6.45, 7) is 0. The molecule has 2 aromatic rings. The molecule has 0 bridgehead atoms. The Bertz CT molecular complexity index is 706. The van der Waals surface area contributed by atoms with E-state index < -0.39 is 29.7 Å². The molecule has 2 aromatic heterocycles. The second kappa shape index (κ2) is 4.38. The number of carboxylic acid groups (broad SMARTS) is 1. The molecule has 0 amide bonds. The van der Waals surface area contributed by atoms with Gasteiger partial charge in [-0.05, 0) is 12.1 Å². The Morgan fingerprint density at radius 2 is 2.05 bits per heavy atom. The molecule has 0 saturated heterocycles. The molecule has 5 nitrogen and oxygen atoms in total. The number of fused-ring (bicyclic) bond motifs is 1. The zero-order valence-electron chi connectivity index (χ0n) is 9.31. The number of aliphatic carboxylic acids is 1. The fraction of sp³-hybridized carbons (Fsp3) is 0.182. The lowest BCUT2D eigenvalue weighted by molar-refractivity contribution is -0.138. The molecule has 0 aromatic carbocycles. The Kier molecular flexibility index (Phi) is 3.01. The highest BCUT2D eigenvalue weighted by Crippen LogP contribution is 2.28. The van der Waals surface area contributed by atoms with Crippen LogP contribution in [0.5, 0.6) is 0 Å². The van der Waals surface area contributed by atoms with Gasteiger partial charge in [-0.15, -0.1) is 0 Å². The van der Waals surface area contributed by atoms with Gasteiger partial charge >= 0.3 is 12.1 Å². The fourth-order valence-corrected chi connectivity index (χ4v) is 1.57. The van der Waals surface area contributed by atoms with Crippen LogP contribution in [0.3, 0.4) is 0 Å². The minimum atomic E-state index is -4.59. The molecule has 100 valence electrons. The zero-order valence-corrected chi connectivity index (χ0v) is 9.31. The van der Waals surface area contributed by atoms with E-state index in [1.807, 2.05) is 0 Å². The summed E-state index contributed by atoms with van der Waals surface area (Å²) in [5.74, 6) is -1.26. The van der Waals surface area contributed by atoms with E-state index in [0.717, 1.165) is 18.3 Å². The molecule has 0 aliphatic rings. The van der Waals surface area contributed by atoms with Gasteiger partial charge in [0.2, 0.25) is 0 Å². The first-order valence-corrected chi connectivity index (χ1v) is 5.08. The molecule has 0 aliphatic heterocycles. The standard InChI is InChI=1S/C11H7F3N2O3/c12-11(13,14)7-1-2-8-15-4-6(3-9(17)18)10(19)16(8)5-7/h1-2,4-5H,3H2,(H,17,18). The number of carboxylic acids is 1. The van der Waals surface area contributed by atoms with Crippen molar-refractivity contribution in [1.82, 2.24) is 9.38 Å². The van der Waals surface area contributed by atoms with Crippen molar-refractivity contribution in [2.45, 2.75) is 12.6 Å². The minimum Gasteiger partial charge on any atom is -0.481 e. The number of hydrogen-bond donors (Lipinski definition) is 1. The predicted octanol–water partition coefficient (Wildman–Crippen LogP) is 1.34. The van der Waals surface area contributed by atoms with Crippen molar-refractivity contribution in [3.63, 3.8) is 0 Å². The van der Waals surface area contributed by atoms with E-state index in [2.05, 4.69) is 4.98 Å². The van der Waals surface area contributed by atoms with E-state index >= 15 is 0 Å². The van der Waals surface area contributed by atoms with Crippen LogP contribution in [0.2, 0.25) is 0 Å². The lowest BCUT2D eigenvalue weighted by Crippen LogP contribution is -2.22. The molecule has 2 rings (SSSR count). The van der Waals surface area contributed by atoms with Gasteiger partial charge < -0.3 is 5.11 Å². The summed E-state index contributed by atoms with van der Waals surface area (Å²) in [5, 5.41) is 8.59. The molecule has 0 radical (unpaired) electrons. The summed E-state index contributed by atoms with van der Waals surface area (Å²) < 4.78 is 38.3. The van der Waals surface area contributed by atoms with Crippen LogP contribution in [0.25, 0.3) is 5.65 Å². The van der Waals surface area contributed by atoms with Crippen LogP contribution in [-0.2, 0) is 17.4 Å². The maximum Gasteiger partial charge on any atom is 0.417 e. The number of halogens is 3. The van der Waals surface area contributed by atoms with Crippen molar-refractivity contribution in [1.29, 1.82) is 0 Å². The normalized spacial score (nSPS) is 11.7. The summed E-state index contributed by atoms with van der Waals surface area (Å²) in [4.78, 5) is 26.1. The highest BCUT2D eigenvalue weighted by molar-refractivity contribution is 5.70. The van der Waals surface area contributed by atoms with Gasteiger partial charge in [-0.1, -0.05) is 0 Å². The molecule has 2 heterocycles. The first-order valence-electron chi connectivity index (χ1n) is 5.08. The smallest absolute Gasteiger partial charge is 0.417 e. The second-order valence-corrected chi connectivity index (χ2v) is 3.80. The van der Waals surface area contributed by atoms with Crippen LogP contribution >= 0.6 is 0 Å². The Labute approximate surface area is 103 Å². The number of aromatic nitrogens is 2. The van der Waals surface area contributed by atoms with Crippen molar-refractivity contribution in [2.75, 3.05) is 0 Å². The third kappa shape index (κ3) is 2.56. The van der Waals surface area contributed by atoms with E-state index in [1.54, 1.807) is 0 Å². The first-order chi connectivity index (χ1) is 8.79. The van der Waals surface area contributed by atoms with Gasteiger partial charge in [-0.3, -0.25) is 14.0 Å². The van der Waals surface area contributed by atoms with E-state index in [1.165, 1.54) is 0 Å². The summed E-state index contributed by atoms with van der Waals surface area (Å²) >= 11 is 0. The van der Waals surface area contributed by atoms with Gasteiger partial charge in [0.05, 0.1) is 12.0 Å². The van der Waals surface area contributed by atoms with Gasteiger partial charge in [-0.2, -0.15) is 13.2 Å². The predicted molar refractivity (Wildman–Crippen MR) is 57.8 cm³/mol. The number of rotatable bonds is 2. The maximum atomic E-state index is 12.5. The molecule has 0 fully saturated rings. The molecule has 8 heteroatoms. The number of nitrogens with zero attached hydrogens (tertiary/aromatic N) is 2. The molecular formula is C11H7F3N2O3. The van der Waals surface area contributed by atoms with E-state index in [0.29, 0.717) is 10.6 Å². The van der Waals surface area contributed by atoms with Gasteiger partial charge in [0.15, 0.2) is 0 Å². The topological polar surface area (TPSA) is 71.7 Å². The van der Waals surface area contributed by atoms with E-state index in [9.17, 15) is 22.8 Å². The number of alkyl halides is 3. The first kappa shape index (κ1) is 13.1. The third-order valence-electron chi connectivity index (χ3n) is 2.44. The summed E-state index contributed by atoms with van der Waals surface area (Å²) in [6, 6.07) is 1.85. The van der Waals surface area contributed by atoms with E-state index in [-0.39, 0.29) is 11.2 Å². The molecule has 0 unspecified atom stereocenters. The van der Waals surface area contributed by atoms with Crippen LogP contribution in [0.15, 0.2) is 29.3 Å². The van der Waals surface area contributed by atoms with Crippen molar-refractivity contribution < 1.29 is 23.1 Å². The Balaban J connectivity index is 2.66. The molecule has 0 atom stereocenters. The van der Waals surface area contributed by atoms with Crippen molar-refractivity contribution >= 4 is 11.6 Å². The van der Waals surface area contributed by atoms with Crippen molar-refractivity contribution in [3.8, 4) is 0 Å². The molecular weight excluding hydrogens is 265 g/mol. The van der Waals surface area contributed by atoms with Crippen LogP contribution < -0.4 is 5.56 Å². The van der Waals surface area contributed by atoms with Gasteiger partial charge in [0.25, 0.3) is 5.56 Å². The number of carbonyl (C=O) groups is 1. The lowest BCUT2D eigenvalue weighted by Gasteiger charge is -2.08. The monoisotopic (exact) mass is 272 g/mol. The van der Waals surface area contributed by atoms with Gasteiger partial charge in [0, 0.05) is 18.0 Å². The molecule has 0 spiro atoms. The number of pyridine rings is 1. The third-order valence-corrected chi connectivity index (χ3v) is 2.44. The van der Waals surface area contributed by atoms with Crippen LogP contribution in [0, 0.1) is 0 Å². The Hall–Kier alpha value is -2.38. The quantitative estimate of drug-likeness (QED) is 0.895. The van der Waals surface area contributed by atoms with Crippen LogP contribution in [0.1, 0.15) is 11.1 Å². The highest BCUT2D eigenvalue weighted by atomic mass is 19.4. The minimum absolute atomic E-state index is 0.0205. The SMILES string of the molecule is O=C(O)Cc1cnc2ccc(C(F)(F)F)cn2c1=O. The maximum absolute atomic E-state index is 12.5. The van der Waals surface area contributed by atoms with Crippen molar-refractivity contribution in [3.05, 3.63) is 46.0 Å². The fourth-order valence-electron chi connectivity index (χ4n) is 1.57. The molecule has 19 heavy (non-hydrogen) atoms. The van der Waals surface area contributed by atoms with Crippen molar-refractivity contribution in [2.24, 2.45) is 0 Å².